The molecule has 0 aromatic heterocycles. The molecule has 0 bridgehead atoms. The lowest BCUT2D eigenvalue weighted by Gasteiger charge is -2.20. The maximum Gasteiger partial charge on any atom is 0.251 e. The highest BCUT2D eigenvalue weighted by Crippen LogP contribution is 2.23. The average molecular weight is 451 g/mol. The van der Waals surface area contributed by atoms with Gasteiger partial charge in [0.1, 0.15) is 0 Å². The largest absolute Gasteiger partial charge is 0.352 e. The minimum absolute atomic E-state index is 0.0456. The van der Waals surface area contributed by atoms with E-state index in [0.717, 1.165) is 15.6 Å². The van der Waals surface area contributed by atoms with Crippen LogP contribution in [0.5, 0.6) is 0 Å². The molecular formula is C24H23BrN2O2. The fourth-order valence-electron chi connectivity index (χ4n) is 3.04. The van der Waals surface area contributed by atoms with Gasteiger partial charge < -0.3 is 10.6 Å². The summed E-state index contributed by atoms with van der Waals surface area (Å²) in [7, 11) is 0. The highest BCUT2D eigenvalue weighted by Gasteiger charge is 2.16. The minimum Gasteiger partial charge on any atom is -0.352 e. The normalized spacial score (nSPS) is 11.5. The Morgan fingerprint density at radius 1 is 0.793 bits per heavy atom. The fraction of sp³-hybridized carbons (Fsp3) is 0.167. The number of benzene rings is 3. The molecule has 0 saturated carbocycles. The summed E-state index contributed by atoms with van der Waals surface area (Å²) in [5.41, 5.74) is 2.67. The molecule has 0 aliphatic carbocycles. The van der Waals surface area contributed by atoms with E-state index in [1.165, 1.54) is 0 Å². The van der Waals surface area contributed by atoms with Gasteiger partial charge in [0.15, 0.2) is 0 Å². The number of nitrogens with one attached hydrogen (secondary N) is 2. The van der Waals surface area contributed by atoms with Crippen LogP contribution in [0.25, 0.3) is 0 Å². The molecule has 1 atom stereocenters. The van der Waals surface area contributed by atoms with Crippen LogP contribution in [-0.2, 0) is 4.79 Å². The quantitative estimate of drug-likeness (QED) is 0.481. The summed E-state index contributed by atoms with van der Waals surface area (Å²) < 4.78 is 0.994. The standard InChI is InChI=1S/C24H23BrN2O2/c25-21-15-13-19(14-16-21)23(18-8-3-1-4-9-18)27-22(28)12-7-17-26-24(29)20-10-5-2-6-11-20/h1-6,8-11,13-16,23H,7,12,17H2,(H,26,29)(H,27,28). The van der Waals surface area contributed by atoms with Crippen molar-refractivity contribution in [3.8, 4) is 0 Å². The molecule has 1 unspecified atom stereocenters. The number of hydrogen-bond donors (Lipinski definition) is 2. The molecular weight excluding hydrogens is 428 g/mol. The first-order valence-corrected chi connectivity index (χ1v) is 10.4. The van der Waals surface area contributed by atoms with E-state index in [1.54, 1.807) is 12.1 Å². The topological polar surface area (TPSA) is 58.2 Å². The van der Waals surface area contributed by atoms with Crippen molar-refractivity contribution in [3.63, 3.8) is 0 Å². The minimum atomic E-state index is -0.212. The van der Waals surface area contributed by atoms with Gasteiger partial charge in [-0.15, -0.1) is 0 Å². The molecule has 0 spiro atoms. The van der Waals surface area contributed by atoms with Crippen LogP contribution in [-0.4, -0.2) is 18.4 Å². The van der Waals surface area contributed by atoms with Crippen LogP contribution in [0.3, 0.4) is 0 Å². The Morgan fingerprint density at radius 2 is 1.38 bits per heavy atom. The second-order valence-electron chi connectivity index (χ2n) is 6.69. The van der Waals surface area contributed by atoms with Crippen molar-refractivity contribution in [2.45, 2.75) is 18.9 Å². The zero-order valence-electron chi connectivity index (χ0n) is 16.0. The molecule has 29 heavy (non-hydrogen) atoms. The maximum atomic E-state index is 12.5. The van der Waals surface area contributed by atoms with E-state index in [4.69, 9.17) is 0 Å². The molecule has 0 heterocycles. The van der Waals surface area contributed by atoms with E-state index in [1.807, 2.05) is 72.8 Å². The molecule has 0 radical (unpaired) electrons. The molecule has 0 aliphatic heterocycles. The van der Waals surface area contributed by atoms with Crippen molar-refractivity contribution in [2.24, 2.45) is 0 Å². The Balaban J connectivity index is 1.55. The number of amides is 2. The third-order valence-electron chi connectivity index (χ3n) is 4.54. The van der Waals surface area contributed by atoms with Gasteiger partial charge in [0.2, 0.25) is 5.91 Å². The maximum absolute atomic E-state index is 12.5. The number of carbonyl (C=O) groups excluding carboxylic acids is 2. The first-order chi connectivity index (χ1) is 14.1. The molecule has 4 nitrogen and oxygen atoms in total. The van der Waals surface area contributed by atoms with Crippen molar-refractivity contribution in [1.82, 2.24) is 10.6 Å². The van der Waals surface area contributed by atoms with Crippen LogP contribution in [0.2, 0.25) is 0 Å². The molecule has 3 aromatic rings. The Morgan fingerprint density at radius 3 is 2.03 bits per heavy atom. The lowest BCUT2D eigenvalue weighted by atomic mass is 9.98. The zero-order chi connectivity index (χ0) is 20.5. The first-order valence-electron chi connectivity index (χ1n) is 9.56. The monoisotopic (exact) mass is 450 g/mol. The summed E-state index contributed by atoms with van der Waals surface area (Å²) in [6, 6.07) is 26.7. The van der Waals surface area contributed by atoms with Gasteiger partial charge in [-0.25, -0.2) is 0 Å². The number of rotatable bonds is 8. The Bertz CT molecular complexity index is 928. The fourth-order valence-corrected chi connectivity index (χ4v) is 3.30. The summed E-state index contributed by atoms with van der Waals surface area (Å²) in [6.07, 6.45) is 0.918. The first kappa shape index (κ1) is 20.8. The highest BCUT2D eigenvalue weighted by atomic mass is 79.9. The van der Waals surface area contributed by atoms with E-state index in [2.05, 4.69) is 26.6 Å². The van der Waals surface area contributed by atoms with E-state index in [9.17, 15) is 9.59 Å². The van der Waals surface area contributed by atoms with Gasteiger partial charge >= 0.3 is 0 Å². The zero-order valence-corrected chi connectivity index (χ0v) is 17.6. The third kappa shape index (κ3) is 6.29. The molecule has 148 valence electrons. The van der Waals surface area contributed by atoms with Gasteiger partial charge in [-0.2, -0.15) is 0 Å². The second kappa shape index (κ2) is 10.6. The van der Waals surface area contributed by atoms with Crippen LogP contribution in [0, 0.1) is 0 Å². The molecule has 0 fully saturated rings. The van der Waals surface area contributed by atoms with Gasteiger partial charge in [0, 0.05) is 23.0 Å². The van der Waals surface area contributed by atoms with Crippen LogP contribution >= 0.6 is 15.9 Å². The van der Waals surface area contributed by atoms with E-state index in [-0.39, 0.29) is 17.9 Å². The predicted octanol–water partition coefficient (Wildman–Crippen LogP) is 4.86. The van der Waals surface area contributed by atoms with Crippen LogP contribution in [0.15, 0.2) is 89.4 Å². The lowest BCUT2D eigenvalue weighted by Crippen LogP contribution is -2.30. The predicted molar refractivity (Wildman–Crippen MR) is 119 cm³/mol. The van der Waals surface area contributed by atoms with Gasteiger partial charge in [0.25, 0.3) is 5.91 Å². The van der Waals surface area contributed by atoms with E-state index in [0.29, 0.717) is 24.9 Å². The Hall–Kier alpha value is -2.92. The highest BCUT2D eigenvalue weighted by molar-refractivity contribution is 9.10. The average Bonchev–Trinajstić information content (AvgIpc) is 2.77. The molecule has 0 aliphatic rings. The summed E-state index contributed by atoms with van der Waals surface area (Å²) >= 11 is 3.45. The lowest BCUT2D eigenvalue weighted by molar-refractivity contribution is -0.121. The van der Waals surface area contributed by atoms with Crippen molar-refractivity contribution < 1.29 is 9.59 Å². The molecule has 5 heteroatoms. The summed E-state index contributed by atoms with van der Waals surface area (Å²) in [4.78, 5) is 24.6. The summed E-state index contributed by atoms with van der Waals surface area (Å²) in [5.74, 6) is -0.168. The smallest absolute Gasteiger partial charge is 0.251 e. The van der Waals surface area contributed by atoms with Crippen molar-refractivity contribution in [3.05, 3.63) is 106 Å². The van der Waals surface area contributed by atoms with Gasteiger partial charge in [-0.1, -0.05) is 76.6 Å². The van der Waals surface area contributed by atoms with Crippen LogP contribution < -0.4 is 10.6 Å². The number of carbonyl (C=O) groups is 2. The van der Waals surface area contributed by atoms with Gasteiger partial charge in [-0.3, -0.25) is 9.59 Å². The SMILES string of the molecule is O=C(CCCNC(=O)c1ccccc1)NC(c1ccccc1)c1ccc(Br)cc1. The van der Waals surface area contributed by atoms with Crippen molar-refractivity contribution in [1.29, 1.82) is 0 Å². The third-order valence-corrected chi connectivity index (χ3v) is 5.07. The summed E-state index contributed by atoms with van der Waals surface area (Å²) in [5, 5.41) is 5.98. The van der Waals surface area contributed by atoms with E-state index < -0.39 is 0 Å². The molecule has 2 amide bonds. The van der Waals surface area contributed by atoms with E-state index >= 15 is 0 Å². The van der Waals surface area contributed by atoms with Crippen molar-refractivity contribution >= 4 is 27.7 Å². The summed E-state index contributed by atoms with van der Waals surface area (Å²) in [6.45, 7) is 0.454. The Labute approximate surface area is 179 Å². The van der Waals surface area contributed by atoms with Gasteiger partial charge in [0.05, 0.1) is 6.04 Å². The number of hydrogen-bond acceptors (Lipinski definition) is 2. The molecule has 2 N–H and O–H groups in total. The molecule has 3 rings (SSSR count). The molecule has 3 aromatic carbocycles. The van der Waals surface area contributed by atoms with Crippen LogP contribution in [0.4, 0.5) is 0 Å². The van der Waals surface area contributed by atoms with Gasteiger partial charge in [-0.05, 0) is 41.8 Å². The van der Waals surface area contributed by atoms with Crippen LogP contribution in [0.1, 0.15) is 40.4 Å². The second-order valence-corrected chi connectivity index (χ2v) is 7.60. The Kier molecular flexibility index (Phi) is 7.59. The molecule has 0 saturated heterocycles. The van der Waals surface area contributed by atoms with Crippen molar-refractivity contribution in [2.75, 3.05) is 6.54 Å². The number of halogens is 1.